The third-order valence-corrected chi connectivity index (χ3v) is 3.41. The van der Waals surface area contributed by atoms with Crippen LogP contribution in [0.25, 0.3) is 5.69 Å². The molecule has 1 aromatic carbocycles. The largest absolute Gasteiger partial charge is 0.352 e. The van der Waals surface area contributed by atoms with Crippen LogP contribution in [0.1, 0.15) is 25.3 Å². The average Bonchev–Trinajstić information content (AvgIpc) is 3.00. The maximum absolute atomic E-state index is 11.7. The van der Waals surface area contributed by atoms with Crippen molar-refractivity contribution in [2.45, 2.75) is 26.3 Å². The van der Waals surface area contributed by atoms with Crippen LogP contribution in [0.5, 0.6) is 0 Å². The van der Waals surface area contributed by atoms with E-state index in [9.17, 15) is 4.79 Å². The first-order chi connectivity index (χ1) is 10.2. The highest BCUT2D eigenvalue weighted by molar-refractivity contribution is 5.75. The molecule has 2 aromatic rings. The molecule has 112 valence electrons. The van der Waals surface area contributed by atoms with Gasteiger partial charge in [0, 0.05) is 24.7 Å². The van der Waals surface area contributed by atoms with E-state index in [-0.39, 0.29) is 5.91 Å². The van der Waals surface area contributed by atoms with E-state index in [1.54, 1.807) is 10.9 Å². The summed E-state index contributed by atoms with van der Waals surface area (Å²) in [6, 6.07) is 9.89. The van der Waals surface area contributed by atoms with Crippen molar-refractivity contribution >= 4 is 5.91 Å². The quantitative estimate of drug-likeness (QED) is 0.816. The summed E-state index contributed by atoms with van der Waals surface area (Å²) in [4.78, 5) is 11.7. The highest BCUT2D eigenvalue weighted by atomic mass is 16.1. The minimum atomic E-state index is 0.0581. The lowest BCUT2D eigenvalue weighted by Crippen LogP contribution is -2.23. The van der Waals surface area contributed by atoms with Gasteiger partial charge in [0.25, 0.3) is 0 Å². The van der Waals surface area contributed by atoms with Gasteiger partial charge in [-0.25, -0.2) is 4.68 Å². The first-order valence-corrected chi connectivity index (χ1v) is 7.24. The molecule has 3 N–H and O–H groups in total. The van der Waals surface area contributed by atoms with Crippen LogP contribution in [0.2, 0.25) is 0 Å². The Morgan fingerprint density at radius 1 is 1.38 bits per heavy atom. The molecule has 0 bridgehead atoms. The number of aromatic nitrogens is 2. The molecular weight excluding hydrogens is 264 g/mol. The predicted octanol–water partition coefficient (Wildman–Crippen LogP) is 1.86. The van der Waals surface area contributed by atoms with Gasteiger partial charge < -0.3 is 11.1 Å². The lowest BCUT2D eigenvalue weighted by atomic mass is 10.1. The SMILES string of the molecule is CC(CN)CCC(=O)NCc1cnn(-c2ccccc2)c1. The monoisotopic (exact) mass is 286 g/mol. The highest BCUT2D eigenvalue weighted by Gasteiger charge is 2.06. The summed E-state index contributed by atoms with van der Waals surface area (Å²) in [5.41, 5.74) is 7.53. The Morgan fingerprint density at radius 3 is 2.86 bits per heavy atom. The molecule has 1 unspecified atom stereocenters. The summed E-state index contributed by atoms with van der Waals surface area (Å²) in [5, 5.41) is 7.21. The van der Waals surface area contributed by atoms with Gasteiger partial charge >= 0.3 is 0 Å². The van der Waals surface area contributed by atoms with Crippen molar-refractivity contribution in [1.29, 1.82) is 0 Å². The third kappa shape index (κ3) is 4.72. The Balaban J connectivity index is 1.82. The molecule has 21 heavy (non-hydrogen) atoms. The van der Waals surface area contributed by atoms with Crippen LogP contribution in [-0.4, -0.2) is 22.2 Å². The molecule has 0 saturated carbocycles. The fraction of sp³-hybridized carbons (Fsp3) is 0.375. The number of hydrogen-bond donors (Lipinski definition) is 2. The normalized spacial score (nSPS) is 12.1. The van der Waals surface area contributed by atoms with Gasteiger partial charge in [-0.1, -0.05) is 25.1 Å². The topological polar surface area (TPSA) is 72.9 Å². The molecule has 5 heteroatoms. The fourth-order valence-corrected chi connectivity index (χ4v) is 1.96. The van der Waals surface area contributed by atoms with Crippen molar-refractivity contribution < 1.29 is 4.79 Å². The second-order valence-corrected chi connectivity index (χ2v) is 5.28. The molecule has 1 heterocycles. The van der Waals surface area contributed by atoms with Gasteiger partial charge in [0.1, 0.15) is 0 Å². The Hall–Kier alpha value is -2.14. The van der Waals surface area contributed by atoms with E-state index in [1.807, 2.05) is 36.5 Å². The van der Waals surface area contributed by atoms with Crippen molar-refractivity contribution in [1.82, 2.24) is 15.1 Å². The number of nitrogens with one attached hydrogen (secondary N) is 1. The number of rotatable bonds is 7. The minimum Gasteiger partial charge on any atom is -0.352 e. The maximum atomic E-state index is 11.7. The van der Waals surface area contributed by atoms with Gasteiger partial charge in [-0.05, 0) is 31.0 Å². The highest BCUT2D eigenvalue weighted by Crippen LogP contribution is 2.08. The number of para-hydroxylation sites is 1. The molecule has 0 saturated heterocycles. The standard InChI is InChI=1S/C16H22N4O/c1-13(9-17)7-8-16(21)18-10-14-11-19-20(12-14)15-5-3-2-4-6-15/h2-6,11-13H,7-10,17H2,1H3,(H,18,21). The molecule has 2 rings (SSSR count). The Bertz CT molecular complexity index is 565. The summed E-state index contributed by atoms with van der Waals surface area (Å²) < 4.78 is 1.80. The third-order valence-electron chi connectivity index (χ3n) is 3.41. The lowest BCUT2D eigenvalue weighted by Gasteiger charge is -2.07. The molecule has 0 fully saturated rings. The number of carbonyl (C=O) groups is 1. The van der Waals surface area contributed by atoms with Crippen LogP contribution >= 0.6 is 0 Å². The number of nitrogens with two attached hydrogens (primary N) is 1. The smallest absolute Gasteiger partial charge is 0.220 e. The van der Waals surface area contributed by atoms with Gasteiger partial charge in [-0.3, -0.25) is 4.79 Å². The Kier molecular flexibility index (Phi) is 5.51. The van der Waals surface area contributed by atoms with Gasteiger partial charge in [0.2, 0.25) is 5.91 Å². The molecule has 1 atom stereocenters. The van der Waals surface area contributed by atoms with E-state index in [2.05, 4.69) is 17.3 Å². The van der Waals surface area contributed by atoms with Gasteiger partial charge in [-0.2, -0.15) is 5.10 Å². The summed E-state index contributed by atoms with van der Waals surface area (Å²) in [6.07, 6.45) is 5.05. The average molecular weight is 286 g/mol. The van der Waals surface area contributed by atoms with E-state index in [0.29, 0.717) is 25.4 Å². The van der Waals surface area contributed by atoms with Crippen molar-refractivity contribution in [3.63, 3.8) is 0 Å². The fourth-order valence-electron chi connectivity index (χ4n) is 1.96. The summed E-state index contributed by atoms with van der Waals surface area (Å²) >= 11 is 0. The van der Waals surface area contributed by atoms with Crippen LogP contribution in [0, 0.1) is 5.92 Å². The minimum absolute atomic E-state index is 0.0581. The van der Waals surface area contributed by atoms with E-state index in [4.69, 9.17) is 5.73 Å². The first kappa shape index (κ1) is 15.3. The molecule has 0 aliphatic rings. The Labute approximate surface area is 125 Å². The molecule has 1 amide bonds. The van der Waals surface area contributed by atoms with E-state index in [0.717, 1.165) is 17.7 Å². The van der Waals surface area contributed by atoms with Crippen LogP contribution in [0.3, 0.4) is 0 Å². The van der Waals surface area contributed by atoms with Crippen LogP contribution in [0.4, 0.5) is 0 Å². The summed E-state index contributed by atoms with van der Waals surface area (Å²) in [7, 11) is 0. The van der Waals surface area contributed by atoms with Crippen LogP contribution in [0.15, 0.2) is 42.7 Å². The molecule has 0 radical (unpaired) electrons. The molecule has 5 nitrogen and oxygen atoms in total. The first-order valence-electron chi connectivity index (χ1n) is 7.24. The maximum Gasteiger partial charge on any atom is 0.220 e. The zero-order chi connectivity index (χ0) is 15.1. The van der Waals surface area contributed by atoms with Crippen LogP contribution < -0.4 is 11.1 Å². The van der Waals surface area contributed by atoms with Gasteiger partial charge in [0.15, 0.2) is 0 Å². The summed E-state index contributed by atoms with van der Waals surface area (Å²) in [6.45, 7) is 3.18. The second-order valence-electron chi connectivity index (χ2n) is 5.28. The number of nitrogens with zero attached hydrogens (tertiary/aromatic N) is 2. The number of carbonyl (C=O) groups excluding carboxylic acids is 1. The molecule has 1 aromatic heterocycles. The van der Waals surface area contributed by atoms with E-state index in [1.165, 1.54) is 0 Å². The number of hydrogen-bond acceptors (Lipinski definition) is 3. The zero-order valence-electron chi connectivity index (χ0n) is 12.3. The molecule has 0 aliphatic carbocycles. The molecule has 0 spiro atoms. The summed E-state index contributed by atoms with van der Waals surface area (Å²) in [5.74, 6) is 0.444. The predicted molar refractivity (Wildman–Crippen MR) is 82.9 cm³/mol. The number of amides is 1. The zero-order valence-corrected chi connectivity index (χ0v) is 12.3. The molecular formula is C16H22N4O. The lowest BCUT2D eigenvalue weighted by molar-refractivity contribution is -0.121. The van der Waals surface area contributed by atoms with Crippen LogP contribution in [-0.2, 0) is 11.3 Å². The second kappa shape index (κ2) is 7.59. The Morgan fingerprint density at radius 2 is 2.14 bits per heavy atom. The van der Waals surface area contributed by atoms with E-state index >= 15 is 0 Å². The van der Waals surface area contributed by atoms with Gasteiger partial charge in [-0.15, -0.1) is 0 Å². The van der Waals surface area contributed by atoms with Crippen molar-refractivity contribution in [3.8, 4) is 5.69 Å². The number of benzene rings is 1. The molecule has 0 aliphatic heterocycles. The van der Waals surface area contributed by atoms with Crippen molar-refractivity contribution in [2.75, 3.05) is 6.54 Å². The van der Waals surface area contributed by atoms with Crippen molar-refractivity contribution in [3.05, 3.63) is 48.3 Å². The van der Waals surface area contributed by atoms with Crippen molar-refractivity contribution in [2.24, 2.45) is 11.7 Å². The van der Waals surface area contributed by atoms with Gasteiger partial charge in [0.05, 0.1) is 11.9 Å². The van der Waals surface area contributed by atoms with E-state index < -0.39 is 0 Å².